The Morgan fingerprint density at radius 1 is 1.12 bits per heavy atom. The number of hydrogen-bond acceptors (Lipinski definition) is 2. The summed E-state index contributed by atoms with van der Waals surface area (Å²) in [6, 6.07) is 16.0. The van der Waals surface area contributed by atoms with E-state index in [2.05, 4.69) is 39.4 Å². The van der Waals surface area contributed by atoms with Crippen LogP contribution >= 0.6 is 15.9 Å². The minimum absolute atomic E-state index is 0.981. The number of benzene rings is 2. The Morgan fingerprint density at radius 3 is 2.59 bits per heavy atom. The van der Waals surface area contributed by atoms with E-state index >= 15 is 0 Å². The van der Waals surface area contributed by atoms with Crippen molar-refractivity contribution in [2.24, 2.45) is 5.10 Å². The van der Waals surface area contributed by atoms with Gasteiger partial charge in [0.05, 0.1) is 11.9 Å². The molecule has 0 radical (unpaired) electrons. The molecular weight excluding hydrogens is 276 g/mol. The third-order valence-electron chi connectivity index (χ3n) is 2.38. The molecule has 0 unspecified atom stereocenters. The number of nitrogens with zero attached hydrogens (tertiary/aromatic N) is 1. The molecule has 0 spiro atoms. The molecule has 2 nitrogen and oxygen atoms in total. The zero-order valence-corrected chi connectivity index (χ0v) is 11.1. The third kappa shape index (κ3) is 3.43. The van der Waals surface area contributed by atoms with Crippen LogP contribution in [-0.4, -0.2) is 6.21 Å². The summed E-state index contributed by atoms with van der Waals surface area (Å²) < 4.78 is 1.10. The molecule has 0 aromatic heterocycles. The van der Waals surface area contributed by atoms with Crippen LogP contribution < -0.4 is 5.43 Å². The van der Waals surface area contributed by atoms with Crippen molar-refractivity contribution in [3.63, 3.8) is 0 Å². The molecule has 0 saturated heterocycles. The molecule has 0 heterocycles. The van der Waals surface area contributed by atoms with E-state index in [0.717, 1.165) is 15.7 Å². The Kier molecular flexibility index (Phi) is 3.94. The molecule has 0 aliphatic heterocycles. The van der Waals surface area contributed by atoms with Gasteiger partial charge in [0, 0.05) is 4.47 Å². The molecule has 3 heteroatoms. The summed E-state index contributed by atoms with van der Waals surface area (Å²) >= 11 is 3.50. The Labute approximate surface area is 110 Å². The summed E-state index contributed by atoms with van der Waals surface area (Å²) in [6.45, 7) is 2.06. The number of halogens is 1. The predicted molar refractivity (Wildman–Crippen MR) is 76.5 cm³/mol. The topological polar surface area (TPSA) is 24.4 Å². The minimum atomic E-state index is 0.981. The molecule has 2 aromatic rings. The summed E-state index contributed by atoms with van der Waals surface area (Å²) in [5, 5.41) is 4.19. The molecular formula is C14H13BrN2. The van der Waals surface area contributed by atoms with Gasteiger partial charge in [-0.25, -0.2) is 0 Å². The van der Waals surface area contributed by atoms with E-state index in [1.54, 1.807) is 6.21 Å². The summed E-state index contributed by atoms with van der Waals surface area (Å²) in [5.74, 6) is 0. The molecule has 0 atom stereocenters. The van der Waals surface area contributed by atoms with Crippen LogP contribution in [0.25, 0.3) is 0 Å². The number of hydrogen-bond donors (Lipinski definition) is 1. The quantitative estimate of drug-likeness (QED) is 0.664. The second-order valence-electron chi connectivity index (χ2n) is 3.74. The van der Waals surface area contributed by atoms with Crippen LogP contribution in [0.5, 0.6) is 0 Å². The van der Waals surface area contributed by atoms with Gasteiger partial charge in [-0.3, -0.25) is 5.43 Å². The second-order valence-corrected chi connectivity index (χ2v) is 4.60. The van der Waals surface area contributed by atoms with Crippen molar-refractivity contribution in [3.8, 4) is 0 Å². The normalized spacial score (nSPS) is 10.7. The Bertz CT molecular complexity index is 521. The van der Waals surface area contributed by atoms with Crippen molar-refractivity contribution >= 4 is 27.8 Å². The largest absolute Gasteiger partial charge is 0.279 e. The Morgan fingerprint density at radius 2 is 1.88 bits per heavy atom. The zero-order chi connectivity index (χ0) is 12.1. The first-order valence-corrected chi connectivity index (χ1v) is 6.15. The van der Waals surface area contributed by atoms with Crippen LogP contribution in [-0.2, 0) is 0 Å². The van der Waals surface area contributed by atoms with Gasteiger partial charge in [0.15, 0.2) is 0 Å². The number of para-hydroxylation sites is 1. The number of nitrogens with one attached hydrogen (secondary N) is 1. The van der Waals surface area contributed by atoms with E-state index in [1.165, 1.54) is 5.56 Å². The first kappa shape index (κ1) is 11.9. The fourth-order valence-electron chi connectivity index (χ4n) is 1.38. The molecule has 0 fully saturated rings. The van der Waals surface area contributed by atoms with Crippen molar-refractivity contribution in [3.05, 3.63) is 64.1 Å². The van der Waals surface area contributed by atoms with Gasteiger partial charge < -0.3 is 0 Å². The van der Waals surface area contributed by atoms with Crippen molar-refractivity contribution in [1.82, 2.24) is 0 Å². The highest BCUT2D eigenvalue weighted by Gasteiger charge is 1.94. The molecule has 17 heavy (non-hydrogen) atoms. The standard InChI is InChI=1S/C14H13BrN2/c1-11-7-8-12(9-14(11)15)10-16-17-13-5-3-2-4-6-13/h2-10,17H,1H3. The molecule has 0 bridgehead atoms. The maximum atomic E-state index is 4.19. The van der Waals surface area contributed by atoms with Gasteiger partial charge in [-0.2, -0.15) is 5.10 Å². The number of aryl methyl sites for hydroxylation is 1. The highest BCUT2D eigenvalue weighted by Crippen LogP contribution is 2.16. The van der Waals surface area contributed by atoms with E-state index in [1.807, 2.05) is 42.5 Å². The number of rotatable bonds is 3. The van der Waals surface area contributed by atoms with Gasteiger partial charge >= 0.3 is 0 Å². The lowest BCUT2D eigenvalue weighted by Gasteiger charge is -2.00. The molecule has 2 aromatic carbocycles. The first-order chi connectivity index (χ1) is 8.25. The average Bonchev–Trinajstić information content (AvgIpc) is 2.35. The van der Waals surface area contributed by atoms with Gasteiger partial charge in [-0.05, 0) is 36.2 Å². The fourth-order valence-corrected chi connectivity index (χ4v) is 1.78. The van der Waals surface area contributed by atoms with E-state index in [4.69, 9.17) is 0 Å². The predicted octanol–water partition coefficient (Wildman–Crippen LogP) is 4.20. The molecule has 0 aliphatic rings. The van der Waals surface area contributed by atoms with Crippen molar-refractivity contribution < 1.29 is 0 Å². The van der Waals surface area contributed by atoms with Gasteiger partial charge in [-0.1, -0.05) is 46.3 Å². The van der Waals surface area contributed by atoms with Crippen molar-refractivity contribution in [1.29, 1.82) is 0 Å². The molecule has 2 rings (SSSR count). The van der Waals surface area contributed by atoms with Crippen LogP contribution in [0.2, 0.25) is 0 Å². The van der Waals surface area contributed by atoms with Crippen LogP contribution in [0.1, 0.15) is 11.1 Å². The van der Waals surface area contributed by atoms with Crippen LogP contribution in [0.3, 0.4) is 0 Å². The van der Waals surface area contributed by atoms with Gasteiger partial charge in [-0.15, -0.1) is 0 Å². The van der Waals surface area contributed by atoms with Gasteiger partial charge in [0.1, 0.15) is 0 Å². The monoisotopic (exact) mass is 288 g/mol. The lowest BCUT2D eigenvalue weighted by molar-refractivity contribution is 1.34. The third-order valence-corrected chi connectivity index (χ3v) is 3.23. The molecule has 1 N–H and O–H groups in total. The summed E-state index contributed by atoms with van der Waals surface area (Å²) in [5.41, 5.74) is 6.24. The SMILES string of the molecule is Cc1ccc(C=NNc2ccccc2)cc1Br. The smallest absolute Gasteiger partial charge is 0.0561 e. The summed E-state index contributed by atoms with van der Waals surface area (Å²) in [4.78, 5) is 0. The lowest BCUT2D eigenvalue weighted by Crippen LogP contribution is -1.90. The van der Waals surface area contributed by atoms with E-state index in [-0.39, 0.29) is 0 Å². The molecule has 86 valence electrons. The second kappa shape index (κ2) is 5.64. The van der Waals surface area contributed by atoms with E-state index in [0.29, 0.717) is 0 Å². The summed E-state index contributed by atoms with van der Waals surface area (Å²) in [7, 11) is 0. The number of hydrazone groups is 1. The van der Waals surface area contributed by atoms with Crippen LogP contribution in [0, 0.1) is 6.92 Å². The first-order valence-electron chi connectivity index (χ1n) is 5.36. The average molecular weight is 289 g/mol. The Hall–Kier alpha value is -1.61. The maximum Gasteiger partial charge on any atom is 0.0561 e. The van der Waals surface area contributed by atoms with Crippen LogP contribution in [0.4, 0.5) is 5.69 Å². The fraction of sp³-hybridized carbons (Fsp3) is 0.0714. The van der Waals surface area contributed by atoms with E-state index < -0.39 is 0 Å². The highest BCUT2D eigenvalue weighted by molar-refractivity contribution is 9.10. The Balaban J connectivity index is 2.03. The maximum absolute atomic E-state index is 4.19. The molecule has 0 amide bonds. The zero-order valence-electron chi connectivity index (χ0n) is 9.52. The summed E-state index contributed by atoms with van der Waals surface area (Å²) in [6.07, 6.45) is 1.80. The van der Waals surface area contributed by atoms with Gasteiger partial charge in [0.25, 0.3) is 0 Å². The van der Waals surface area contributed by atoms with E-state index in [9.17, 15) is 0 Å². The lowest BCUT2D eigenvalue weighted by atomic mass is 10.2. The molecule has 0 saturated carbocycles. The van der Waals surface area contributed by atoms with Gasteiger partial charge in [0.2, 0.25) is 0 Å². The minimum Gasteiger partial charge on any atom is -0.279 e. The van der Waals surface area contributed by atoms with Crippen LogP contribution in [0.15, 0.2) is 58.1 Å². The highest BCUT2D eigenvalue weighted by atomic mass is 79.9. The van der Waals surface area contributed by atoms with Crippen molar-refractivity contribution in [2.75, 3.05) is 5.43 Å². The van der Waals surface area contributed by atoms with Crippen molar-refractivity contribution in [2.45, 2.75) is 6.92 Å². The number of anilines is 1. The molecule has 0 aliphatic carbocycles.